The largest absolute Gasteiger partial charge is 0.486 e. The number of hydrogen-bond donors (Lipinski definition) is 0. The van der Waals surface area contributed by atoms with Crippen LogP contribution in [0.2, 0.25) is 0 Å². The Labute approximate surface area is 93.2 Å². The van der Waals surface area contributed by atoms with E-state index in [0.29, 0.717) is 30.3 Å². The van der Waals surface area contributed by atoms with Crippen LogP contribution in [0.15, 0.2) is 18.2 Å². The predicted octanol–water partition coefficient (Wildman–Crippen LogP) is 1.62. The molecule has 0 saturated heterocycles. The summed E-state index contributed by atoms with van der Waals surface area (Å²) in [5, 5.41) is 0. The number of ether oxygens (including phenoxy) is 2. The van der Waals surface area contributed by atoms with Gasteiger partial charge in [0.1, 0.15) is 19.0 Å². The van der Waals surface area contributed by atoms with Crippen LogP contribution < -0.4 is 9.47 Å². The van der Waals surface area contributed by atoms with Crippen LogP contribution in [0, 0.1) is 0 Å². The molecule has 1 heterocycles. The number of carbonyl (C=O) groups is 2. The average Bonchev–Trinajstić information content (AvgIpc) is 2.27. The Morgan fingerprint density at radius 1 is 1.19 bits per heavy atom. The smallest absolute Gasteiger partial charge is 0.170 e. The van der Waals surface area contributed by atoms with Gasteiger partial charge in [0, 0.05) is 5.56 Å². The number of benzene rings is 1. The molecule has 0 atom stereocenters. The average molecular weight is 220 g/mol. The number of carbonyl (C=O) groups excluding carboxylic acids is 2. The lowest BCUT2D eigenvalue weighted by Crippen LogP contribution is -2.16. The second-order valence-corrected chi connectivity index (χ2v) is 3.66. The van der Waals surface area contributed by atoms with Gasteiger partial charge in [0.2, 0.25) is 0 Å². The van der Waals surface area contributed by atoms with Crippen molar-refractivity contribution in [3.8, 4) is 11.5 Å². The molecule has 0 unspecified atom stereocenters. The van der Waals surface area contributed by atoms with Crippen LogP contribution in [0.5, 0.6) is 11.5 Å². The summed E-state index contributed by atoms with van der Waals surface area (Å²) in [5.41, 5.74) is 0.486. The van der Waals surface area contributed by atoms with Gasteiger partial charge in [-0.15, -0.1) is 0 Å². The van der Waals surface area contributed by atoms with Gasteiger partial charge in [-0.25, -0.2) is 0 Å². The summed E-state index contributed by atoms with van der Waals surface area (Å²) < 4.78 is 10.7. The van der Waals surface area contributed by atoms with Crippen molar-refractivity contribution in [1.82, 2.24) is 0 Å². The fraction of sp³-hybridized carbons (Fsp3) is 0.333. The van der Waals surface area contributed by atoms with Gasteiger partial charge in [-0.2, -0.15) is 0 Å². The molecule has 1 aliphatic heterocycles. The summed E-state index contributed by atoms with van der Waals surface area (Å²) >= 11 is 0. The summed E-state index contributed by atoms with van der Waals surface area (Å²) in [4.78, 5) is 22.5. The Kier molecular flexibility index (Phi) is 2.90. The first kappa shape index (κ1) is 10.7. The third kappa shape index (κ3) is 2.21. The highest BCUT2D eigenvalue weighted by Gasteiger charge is 2.15. The highest BCUT2D eigenvalue weighted by Crippen LogP contribution is 2.31. The second kappa shape index (κ2) is 4.35. The van der Waals surface area contributed by atoms with Crippen LogP contribution in [0.4, 0.5) is 0 Å². The molecule has 1 aromatic rings. The molecule has 2 rings (SSSR count). The van der Waals surface area contributed by atoms with Crippen molar-refractivity contribution >= 4 is 11.6 Å². The zero-order valence-corrected chi connectivity index (χ0v) is 8.99. The van der Waals surface area contributed by atoms with Crippen molar-refractivity contribution in [1.29, 1.82) is 0 Å². The Bertz CT molecular complexity index is 437. The van der Waals surface area contributed by atoms with Gasteiger partial charge in [0.05, 0.1) is 6.42 Å². The van der Waals surface area contributed by atoms with Gasteiger partial charge in [-0.05, 0) is 25.1 Å². The van der Waals surface area contributed by atoms with Crippen LogP contribution in [0.1, 0.15) is 23.7 Å². The van der Waals surface area contributed by atoms with Crippen molar-refractivity contribution < 1.29 is 19.1 Å². The summed E-state index contributed by atoms with van der Waals surface area (Å²) in [6, 6.07) is 4.97. The number of rotatable bonds is 3. The summed E-state index contributed by atoms with van der Waals surface area (Å²) in [5.74, 6) is 0.885. The Balaban J connectivity index is 2.23. The lowest BCUT2D eigenvalue weighted by atomic mass is 10.1. The molecule has 0 radical (unpaired) electrons. The van der Waals surface area contributed by atoms with Crippen molar-refractivity contribution in [2.75, 3.05) is 13.2 Å². The zero-order valence-electron chi connectivity index (χ0n) is 8.99. The Morgan fingerprint density at radius 2 is 1.88 bits per heavy atom. The molecular weight excluding hydrogens is 208 g/mol. The molecule has 0 bridgehead atoms. The normalized spacial score (nSPS) is 13.3. The van der Waals surface area contributed by atoms with Crippen molar-refractivity contribution in [3.05, 3.63) is 23.8 Å². The van der Waals surface area contributed by atoms with Crippen molar-refractivity contribution in [2.24, 2.45) is 0 Å². The predicted molar refractivity (Wildman–Crippen MR) is 57.1 cm³/mol. The third-order valence-electron chi connectivity index (χ3n) is 2.27. The first-order valence-corrected chi connectivity index (χ1v) is 5.09. The molecule has 4 heteroatoms. The number of Topliss-reactive ketones (excluding diaryl/α,β-unsaturated/α-hetero) is 2. The van der Waals surface area contributed by atoms with E-state index >= 15 is 0 Å². The van der Waals surface area contributed by atoms with Crippen LogP contribution in [0.25, 0.3) is 0 Å². The highest BCUT2D eigenvalue weighted by molar-refractivity contribution is 6.07. The van der Waals surface area contributed by atoms with Crippen molar-refractivity contribution in [2.45, 2.75) is 13.3 Å². The monoisotopic (exact) mass is 220 g/mol. The molecular formula is C12H12O4. The van der Waals surface area contributed by atoms with E-state index in [1.807, 2.05) is 0 Å². The highest BCUT2D eigenvalue weighted by atomic mass is 16.6. The van der Waals surface area contributed by atoms with Crippen LogP contribution in [-0.4, -0.2) is 24.8 Å². The summed E-state index contributed by atoms with van der Waals surface area (Å²) in [6.45, 7) is 2.40. The minimum Gasteiger partial charge on any atom is -0.486 e. The molecule has 0 aliphatic carbocycles. The van der Waals surface area contributed by atoms with Gasteiger partial charge in [-0.1, -0.05) is 0 Å². The van der Waals surface area contributed by atoms with E-state index in [2.05, 4.69) is 0 Å². The minimum atomic E-state index is -0.190. The molecule has 0 fully saturated rings. The van der Waals surface area contributed by atoms with E-state index in [1.165, 1.54) is 6.92 Å². The molecule has 84 valence electrons. The molecule has 0 spiro atoms. The number of fused-ring (bicyclic) bond motifs is 1. The zero-order chi connectivity index (χ0) is 11.5. The fourth-order valence-electron chi connectivity index (χ4n) is 1.54. The summed E-state index contributed by atoms with van der Waals surface area (Å²) in [7, 11) is 0. The van der Waals surface area contributed by atoms with Gasteiger partial charge in [-0.3, -0.25) is 9.59 Å². The van der Waals surface area contributed by atoms with Gasteiger partial charge in [0.25, 0.3) is 0 Å². The third-order valence-corrected chi connectivity index (χ3v) is 2.27. The Hall–Kier alpha value is -1.84. The molecule has 0 amide bonds. The quantitative estimate of drug-likeness (QED) is 0.573. The molecule has 0 aromatic heterocycles. The maximum absolute atomic E-state index is 11.6. The SMILES string of the molecule is CC(=O)CC(=O)c1ccc2c(c1)OCCO2. The van der Waals surface area contributed by atoms with Crippen LogP contribution >= 0.6 is 0 Å². The number of ketones is 2. The first-order valence-electron chi connectivity index (χ1n) is 5.09. The molecule has 16 heavy (non-hydrogen) atoms. The van der Waals surface area contributed by atoms with Gasteiger partial charge < -0.3 is 9.47 Å². The van der Waals surface area contributed by atoms with Crippen LogP contribution in [-0.2, 0) is 4.79 Å². The topological polar surface area (TPSA) is 52.6 Å². The molecule has 1 aliphatic rings. The maximum atomic E-state index is 11.6. The maximum Gasteiger partial charge on any atom is 0.170 e. The second-order valence-electron chi connectivity index (χ2n) is 3.66. The molecule has 4 nitrogen and oxygen atoms in total. The molecule has 1 aromatic carbocycles. The van der Waals surface area contributed by atoms with Gasteiger partial charge >= 0.3 is 0 Å². The minimum absolute atomic E-state index is 0.0698. The first-order chi connectivity index (χ1) is 7.66. The van der Waals surface area contributed by atoms with Crippen molar-refractivity contribution in [3.63, 3.8) is 0 Å². The lowest BCUT2D eigenvalue weighted by molar-refractivity contribution is -0.116. The molecule has 0 N–H and O–H groups in total. The van der Waals surface area contributed by atoms with E-state index in [0.717, 1.165) is 0 Å². The standard InChI is InChI=1S/C12H12O4/c1-8(13)6-10(14)9-2-3-11-12(7-9)16-5-4-15-11/h2-3,7H,4-6H2,1H3. The van der Waals surface area contributed by atoms with Crippen LogP contribution in [0.3, 0.4) is 0 Å². The van der Waals surface area contributed by atoms with E-state index in [-0.39, 0.29) is 18.0 Å². The van der Waals surface area contributed by atoms with Gasteiger partial charge in [0.15, 0.2) is 17.3 Å². The van der Waals surface area contributed by atoms with E-state index in [9.17, 15) is 9.59 Å². The lowest BCUT2D eigenvalue weighted by Gasteiger charge is -2.18. The number of hydrogen-bond acceptors (Lipinski definition) is 4. The summed E-state index contributed by atoms with van der Waals surface area (Å²) in [6.07, 6.45) is -0.0698. The van der Waals surface area contributed by atoms with E-state index in [1.54, 1.807) is 18.2 Å². The van der Waals surface area contributed by atoms with E-state index in [4.69, 9.17) is 9.47 Å². The molecule has 0 saturated carbocycles. The van der Waals surface area contributed by atoms with E-state index < -0.39 is 0 Å². The Morgan fingerprint density at radius 3 is 2.56 bits per heavy atom. The fourth-order valence-corrected chi connectivity index (χ4v) is 1.54.